The molecule has 0 spiro atoms. The van der Waals surface area contributed by atoms with Gasteiger partial charge < -0.3 is 10.1 Å². The van der Waals surface area contributed by atoms with Crippen molar-refractivity contribution in [3.05, 3.63) is 17.4 Å². The highest BCUT2D eigenvalue weighted by Gasteiger charge is 2.35. The zero-order valence-corrected chi connectivity index (χ0v) is 13.0. The van der Waals surface area contributed by atoms with E-state index in [9.17, 15) is 18.0 Å². The lowest BCUT2D eigenvalue weighted by Gasteiger charge is -2.08. The minimum absolute atomic E-state index is 0.105. The molecule has 3 heterocycles. The highest BCUT2D eigenvalue weighted by molar-refractivity contribution is 7.15. The van der Waals surface area contributed by atoms with Crippen molar-refractivity contribution >= 4 is 28.2 Å². The van der Waals surface area contributed by atoms with Crippen LogP contribution in [0.15, 0.2) is 12.4 Å². The van der Waals surface area contributed by atoms with E-state index in [1.807, 2.05) is 0 Å². The summed E-state index contributed by atoms with van der Waals surface area (Å²) in [6.45, 7) is 1.32. The Kier molecular flexibility index (Phi) is 4.66. The number of halogens is 3. The smallest absolute Gasteiger partial charge is 0.376 e. The van der Waals surface area contributed by atoms with Gasteiger partial charge in [0, 0.05) is 12.8 Å². The van der Waals surface area contributed by atoms with Gasteiger partial charge in [-0.05, 0) is 12.8 Å². The third kappa shape index (κ3) is 4.20. The number of rotatable bonds is 4. The van der Waals surface area contributed by atoms with Gasteiger partial charge in [-0.3, -0.25) is 10.00 Å². The van der Waals surface area contributed by atoms with Crippen LogP contribution in [-0.2, 0) is 17.5 Å². The van der Waals surface area contributed by atoms with Gasteiger partial charge in [0.2, 0.25) is 10.1 Å². The molecule has 3 rings (SSSR count). The molecule has 24 heavy (non-hydrogen) atoms. The number of alkyl halides is 3. The molecule has 2 aromatic rings. The monoisotopic (exact) mass is 362 g/mol. The summed E-state index contributed by atoms with van der Waals surface area (Å²) in [4.78, 5) is 11.8. The van der Waals surface area contributed by atoms with Crippen LogP contribution in [0, 0.1) is 0 Å². The molecular weight excluding hydrogens is 349 g/mol. The molecule has 1 saturated heterocycles. The van der Waals surface area contributed by atoms with Crippen LogP contribution in [0.3, 0.4) is 0 Å². The molecule has 1 unspecified atom stereocenters. The first-order chi connectivity index (χ1) is 11.4. The van der Waals surface area contributed by atoms with Crippen molar-refractivity contribution in [3.8, 4) is 0 Å². The van der Waals surface area contributed by atoms with Gasteiger partial charge in [0.15, 0.2) is 0 Å². The van der Waals surface area contributed by atoms with E-state index >= 15 is 0 Å². The van der Waals surface area contributed by atoms with Crippen LogP contribution in [-0.4, -0.2) is 38.7 Å². The SMILES string of the molecule is O=C(Nc1cnn(CC2CCCO2)c1)Nc1nnc(C(F)(F)F)s1. The molecule has 1 aliphatic heterocycles. The fourth-order valence-corrected chi connectivity index (χ4v) is 2.78. The van der Waals surface area contributed by atoms with E-state index in [0.29, 0.717) is 12.2 Å². The van der Waals surface area contributed by atoms with Crippen LogP contribution >= 0.6 is 11.3 Å². The predicted octanol–water partition coefficient (Wildman–Crippen LogP) is 2.58. The van der Waals surface area contributed by atoms with Crippen LogP contribution in [0.1, 0.15) is 17.8 Å². The minimum atomic E-state index is -4.59. The minimum Gasteiger partial charge on any atom is -0.376 e. The number of nitrogens with one attached hydrogen (secondary N) is 2. The first-order valence-corrected chi connectivity index (χ1v) is 7.84. The van der Waals surface area contributed by atoms with Crippen molar-refractivity contribution in [1.82, 2.24) is 20.0 Å². The average Bonchev–Trinajstić information content (AvgIpc) is 3.20. The molecule has 2 N–H and O–H groups in total. The molecule has 130 valence electrons. The van der Waals surface area contributed by atoms with Gasteiger partial charge in [0.1, 0.15) is 0 Å². The van der Waals surface area contributed by atoms with Gasteiger partial charge in [0.05, 0.1) is 24.5 Å². The number of carbonyl (C=O) groups excluding carboxylic acids is 1. The van der Waals surface area contributed by atoms with Crippen molar-refractivity contribution in [2.75, 3.05) is 17.2 Å². The average molecular weight is 362 g/mol. The van der Waals surface area contributed by atoms with Gasteiger partial charge in [0.25, 0.3) is 0 Å². The van der Waals surface area contributed by atoms with Crippen molar-refractivity contribution in [3.63, 3.8) is 0 Å². The molecule has 2 amide bonds. The number of ether oxygens (including phenoxy) is 1. The topological polar surface area (TPSA) is 94.0 Å². The van der Waals surface area contributed by atoms with E-state index < -0.39 is 17.2 Å². The van der Waals surface area contributed by atoms with Crippen molar-refractivity contribution in [1.29, 1.82) is 0 Å². The Labute approximate surface area is 138 Å². The summed E-state index contributed by atoms with van der Waals surface area (Å²) in [6, 6.07) is -0.725. The van der Waals surface area contributed by atoms with Crippen molar-refractivity contribution in [2.24, 2.45) is 0 Å². The number of hydrogen-bond donors (Lipinski definition) is 2. The fraction of sp³-hybridized carbons (Fsp3) is 0.500. The molecule has 2 aromatic heterocycles. The van der Waals surface area contributed by atoms with E-state index in [2.05, 4.69) is 25.9 Å². The Bertz CT molecular complexity index is 710. The maximum Gasteiger partial charge on any atom is 0.445 e. The second-order valence-corrected chi connectivity index (χ2v) is 6.05. The van der Waals surface area contributed by atoms with Crippen LogP contribution in [0.2, 0.25) is 0 Å². The normalized spacial score (nSPS) is 17.9. The van der Waals surface area contributed by atoms with Crippen LogP contribution in [0.4, 0.5) is 28.8 Å². The molecular formula is C12H13F3N6O2S. The first kappa shape index (κ1) is 16.6. The Morgan fingerprint density at radius 3 is 2.92 bits per heavy atom. The van der Waals surface area contributed by atoms with Gasteiger partial charge in [-0.25, -0.2) is 4.79 Å². The maximum absolute atomic E-state index is 12.4. The summed E-state index contributed by atoms with van der Waals surface area (Å²) in [6.07, 6.45) is 0.548. The third-order valence-electron chi connectivity index (χ3n) is 3.19. The van der Waals surface area contributed by atoms with E-state index in [4.69, 9.17) is 4.74 Å². The van der Waals surface area contributed by atoms with Crippen LogP contribution in [0.25, 0.3) is 0 Å². The summed E-state index contributed by atoms with van der Waals surface area (Å²) < 4.78 is 44.4. The number of urea groups is 1. The number of anilines is 2. The van der Waals surface area contributed by atoms with Crippen molar-refractivity contribution in [2.45, 2.75) is 31.7 Å². The summed E-state index contributed by atoms with van der Waals surface area (Å²) >= 11 is 0.249. The van der Waals surface area contributed by atoms with Gasteiger partial charge >= 0.3 is 12.2 Å². The second-order valence-electron chi connectivity index (χ2n) is 5.08. The third-order valence-corrected chi connectivity index (χ3v) is 4.08. The highest BCUT2D eigenvalue weighted by atomic mass is 32.1. The van der Waals surface area contributed by atoms with E-state index in [0.717, 1.165) is 19.4 Å². The fourth-order valence-electron chi connectivity index (χ4n) is 2.17. The van der Waals surface area contributed by atoms with Crippen molar-refractivity contribution < 1.29 is 22.7 Å². The number of hydrogen-bond acceptors (Lipinski definition) is 6. The van der Waals surface area contributed by atoms with Gasteiger partial charge in [-0.2, -0.15) is 18.3 Å². The zero-order chi connectivity index (χ0) is 17.2. The molecule has 1 atom stereocenters. The first-order valence-electron chi connectivity index (χ1n) is 7.03. The van der Waals surface area contributed by atoms with E-state index in [1.165, 1.54) is 6.20 Å². The Morgan fingerprint density at radius 1 is 1.42 bits per heavy atom. The Morgan fingerprint density at radius 2 is 2.25 bits per heavy atom. The van der Waals surface area contributed by atoms with Gasteiger partial charge in [-0.15, -0.1) is 10.2 Å². The summed E-state index contributed by atoms with van der Waals surface area (Å²) in [5.74, 6) is 0. The lowest BCUT2D eigenvalue weighted by Crippen LogP contribution is -2.19. The number of nitrogens with zero attached hydrogens (tertiary/aromatic N) is 4. The maximum atomic E-state index is 12.4. The summed E-state index contributed by atoms with van der Waals surface area (Å²) in [5, 5.41) is 13.7. The zero-order valence-electron chi connectivity index (χ0n) is 12.2. The molecule has 1 fully saturated rings. The molecule has 0 aromatic carbocycles. The molecule has 1 aliphatic rings. The summed E-state index contributed by atoms with van der Waals surface area (Å²) in [5.41, 5.74) is 0.408. The largest absolute Gasteiger partial charge is 0.445 e. The Hall–Kier alpha value is -2.21. The Balaban J connectivity index is 1.53. The van der Waals surface area contributed by atoms with Crippen LogP contribution < -0.4 is 10.6 Å². The standard InChI is InChI=1S/C12H13F3N6O2S/c13-12(14,15)9-19-20-11(24-9)18-10(22)17-7-4-16-21(5-7)6-8-2-1-3-23-8/h4-5,8H,1-3,6H2,(H2,17,18,20,22). The molecule has 0 aliphatic carbocycles. The molecule has 0 radical (unpaired) electrons. The predicted molar refractivity (Wildman–Crippen MR) is 78.8 cm³/mol. The lowest BCUT2D eigenvalue weighted by atomic mass is 10.2. The lowest BCUT2D eigenvalue weighted by molar-refractivity contribution is -0.138. The number of amides is 2. The number of carbonyl (C=O) groups is 1. The van der Waals surface area contributed by atoms with E-state index in [-0.39, 0.29) is 22.6 Å². The van der Waals surface area contributed by atoms with E-state index in [1.54, 1.807) is 10.9 Å². The second kappa shape index (κ2) is 6.73. The highest BCUT2D eigenvalue weighted by Crippen LogP contribution is 2.32. The van der Waals surface area contributed by atoms with Crippen LogP contribution in [0.5, 0.6) is 0 Å². The molecule has 0 bridgehead atoms. The quantitative estimate of drug-likeness (QED) is 0.872. The number of aromatic nitrogens is 4. The molecule has 8 nitrogen and oxygen atoms in total. The summed E-state index contributed by atoms with van der Waals surface area (Å²) in [7, 11) is 0. The molecule has 0 saturated carbocycles. The molecule has 12 heteroatoms. The van der Waals surface area contributed by atoms with Gasteiger partial charge in [-0.1, -0.05) is 11.3 Å².